The van der Waals surface area contributed by atoms with Crippen LogP contribution in [0.1, 0.15) is 17.0 Å². The number of nitrogens with one attached hydrogen (secondary N) is 2. The summed E-state index contributed by atoms with van der Waals surface area (Å²) in [5.41, 5.74) is 2.33. The van der Waals surface area contributed by atoms with Gasteiger partial charge in [0.05, 0.1) is 13.7 Å². The van der Waals surface area contributed by atoms with Gasteiger partial charge in [-0.3, -0.25) is 0 Å². The van der Waals surface area contributed by atoms with Gasteiger partial charge < -0.3 is 19.8 Å². The van der Waals surface area contributed by atoms with Gasteiger partial charge in [0.15, 0.2) is 0 Å². The van der Waals surface area contributed by atoms with Crippen molar-refractivity contribution in [1.29, 1.82) is 0 Å². The zero-order chi connectivity index (χ0) is 19.4. The molecule has 1 heterocycles. The van der Waals surface area contributed by atoms with Gasteiger partial charge in [-0.1, -0.05) is 6.07 Å². The third-order valence-corrected chi connectivity index (χ3v) is 4.08. The van der Waals surface area contributed by atoms with E-state index in [2.05, 4.69) is 15.6 Å². The molecule has 0 saturated carbocycles. The largest absolute Gasteiger partial charge is 0.497 e. The molecule has 6 nitrogen and oxygen atoms in total. The minimum absolute atomic E-state index is 0.186. The molecule has 0 aliphatic heterocycles. The molecule has 0 spiro atoms. The van der Waals surface area contributed by atoms with Crippen LogP contribution in [0.25, 0.3) is 11.5 Å². The average Bonchev–Trinajstić information content (AvgIpc) is 3.04. The lowest BCUT2D eigenvalue weighted by atomic mass is 10.2. The van der Waals surface area contributed by atoms with Crippen molar-refractivity contribution in [2.24, 2.45) is 0 Å². The molecule has 7 heteroatoms. The van der Waals surface area contributed by atoms with Crippen LogP contribution in [0.5, 0.6) is 5.75 Å². The second-order valence-electron chi connectivity index (χ2n) is 6.02. The van der Waals surface area contributed by atoms with Crippen molar-refractivity contribution in [3.8, 4) is 17.2 Å². The van der Waals surface area contributed by atoms with E-state index < -0.39 is 6.03 Å². The standard InChI is InChI=1S/C20H20FN3O3/c1-12-4-7-15(10-17(12)21)23-20(25)22-11-18-13(2)27-19(24-18)14-5-8-16(26-3)9-6-14/h4-10H,11H2,1-3H3,(H2,22,23,25). The summed E-state index contributed by atoms with van der Waals surface area (Å²) in [6.07, 6.45) is 0. The molecule has 0 aliphatic rings. The number of carbonyl (C=O) groups excluding carboxylic acids is 1. The second-order valence-corrected chi connectivity index (χ2v) is 6.02. The highest BCUT2D eigenvalue weighted by Gasteiger charge is 2.13. The first-order valence-electron chi connectivity index (χ1n) is 8.38. The summed E-state index contributed by atoms with van der Waals surface area (Å²) >= 11 is 0. The number of aromatic nitrogens is 1. The van der Waals surface area contributed by atoms with Crippen molar-refractivity contribution in [2.75, 3.05) is 12.4 Å². The first-order valence-corrected chi connectivity index (χ1v) is 8.38. The molecular formula is C20H20FN3O3. The molecule has 27 heavy (non-hydrogen) atoms. The van der Waals surface area contributed by atoms with Gasteiger partial charge >= 0.3 is 6.03 Å². The highest BCUT2D eigenvalue weighted by Crippen LogP contribution is 2.24. The predicted octanol–water partition coefficient (Wildman–Crippen LogP) is 4.43. The fourth-order valence-corrected chi connectivity index (χ4v) is 2.46. The third-order valence-electron chi connectivity index (χ3n) is 4.08. The van der Waals surface area contributed by atoms with Crippen LogP contribution in [0.2, 0.25) is 0 Å². The number of amides is 2. The smallest absolute Gasteiger partial charge is 0.319 e. The third kappa shape index (κ3) is 4.44. The van der Waals surface area contributed by atoms with Gasteiger partial charge in [0.1, 0.15) is 23.0 Å². The zero-order valence-electron chi connectivity index (χ0n) is 15.3. The second kappa shape index (κ2) is 7.90. The van der Waals surface area contributed by atoms with E-state index in [1.807, 2.05) is 24.3 Å². The first-order chi connectivity index (χ1) is 13.0. The Balaban J connectivity index is 1.62. The van der Waals surface area contributed by atoms with Gasteiger partial charge in [0, 0.05) is 11.3 Å². The SMILES string of the molecule is COc1ccc(-c2nc(CNC(=O)Nc3ccc(C)c(F)c3)c(C)o2)cc1. The van der Waals surface area contributed by atoms with Crippen LogP contribution in [-0.2, 0) is 6.54 Å². The number of carbonyl (C=O) groups is 1. The number of urea groups is 1. The molecule has 2 aromatic carbocycles. The molecule has 0 atom stereocenters. The summed E-state index contributed by atoms with van der Waals surface area (Å²) in [6, 6.07) is 11.4. The molecule has 3 rings (SSSR count). The van der Waals surface area contributed by atoms with Crippen molar-refractivity contribution in [1.82, 2.24) is 10.3 Å². The Bertz CT molecular complexity index is 952. The fraction of sp³-hybridized carbons (Fsp3) is 0.200. The van der Waals surface area contributed by atoms with Crippen LogP contribution in [0.3, 0.4) is 0 Å². The fourth-order valence-electron chi connectivity index (χ4n) is 2.46. The first kappa shape index (κ1) is 18.4. The quantitative estimate of drug-likeness (QED) is 0.698. The summed E-state index contributed by atoms with van der Waals surface area (Å²) in [4.78, 5) is 16.5. The lowest BCUT2D eigenvalue weighted by Crippen LogP contribution is -2.28. The number of methoxy groups -OCH3 is 1. The molecule has 140 valence electrons. The number of hydrogen-bond acceptors (Lipinski definition) is 4. The van der Waals surface area contributed by atoms with Crippen molar-refractivity contribution < 1.29 is 18.3 Å². The van der Waals surface area contributed by atoms with Crippen LogP contribution in [0.4, 0.5) is 14.9 Å². The molecule has 2 amide bonds. The Hall–Kier alpha value is -3.35. The summed E-state index contributed by atoms with van der Waals surface area (Å²) < 4.78 is 24.4. The van der Waals surface area contributed by atoms with E-state index in [4.69, 9.17) is 9.15 Å². The zero-order valence-corrected chi connectivity index (χ0v) is 15.3. The Kier molecular flexibility index (Phi) is 5.40. The van der Waals surface area contributed by atoms with Gasteiger partial charge in [-0.25, -0.2) is 14.2 Å². The molecule has 0 radical (unpaired) electrons. The summed E-state index contributed by atoms with van der Waals surface area (Å²) in [7, 11) is 1.60. The highest BCUT2D eigenvalue weighted by atomic mass is 19.1. The number of rotatable bonds is 5. The number of hydrogen-bond donors (Lipinski definition) is 2. The van der Waals surface area contributed by atoms with Crippen LogP contribution in [0, 0.1) is 19.7 Å². The minimum Gasteiger partial charge on any atom is -0.497 e. The van der Waals surface area contributed by atoms with Crippen LogP contribution >= 0.6 is 0 Å². The lowest BCUT2D eigenvalue weighted by Gasteiger charge is -2.07. The normalized spacial score (nSPS) is 10.5. The van der Waals surface area contributed by atoms with Gasteiger partial charge in [-0.2, -0.15) is 0 Å². The van der Waals surface area contributed by atoms with Crippen LogP contribution in [-0.4, -0.2) is 18.1 Å². The Labute approximate surface area is 156 Å². The Morgan fingerprint density at radius 1 is 1.19 bits per heavy atom. The van der Waals surface area contributed by atoms with Crippen molar-refractivity contribution in [3.05, 3.63) is 65.3 Å². The van der Waals surface area contributed by atoms with Gasteiger partial charge in [0.25, 0.3) is 0 Å². The van der Waals surface area contributed by atoms with E-state index in [0.29, 0.717) is 28.6 Å². The maximum absolute atomic E-state index is 13.5. The number of benzene rings is 2. The molecule has 1 aromatic heterocycles. The molecule has 3 aromatic rings. The van der Waals surface area contributed by atoms with Gasteiger partial charge in [-0.05, 0) is 55.8 Å². The highest BCUT2D eigenvalue weighted by molar-refractivity contribution is 5.89. The van der Waals surface area contributed by atoms with Gasteiger partial charge in [-0.15, -0.1) is 0 Å². The molecule has 2 N–H and O–H groups in total. The number of nitrogens with zero attached hydrogens (tertiary/aromatic N) is 1. The number of aryl methyl sites for hydroxylation is 2. The van der Waals surface area contributed by atoms with E-state index in [1.165, 1.54) is 6.07 Å². The van der Waals surface area contributed by atoms with Crippen molar-refractivity contribution in [2.45, 2.75) is 20.4 Å². The van der Waals surface area contributed by atoms with Crippen LogP contribution < -0.4 is 15.4 Å². The molecular weight excluding hydrogens is 349 g/mol. The molecule has 0 fully saturated rings. The Morgan fingerprint density at radius 3 is 2.59 bits per heavy atom. The maximum atomic E-state index is 13.5. The maximum Gasteiger partial charge on any atom is 0.319 e. The van der Waals surface area contributed by atoms with E-state index in [0.717, 1.165) is 11.3 Å². The predicted molar refractivity (Wildman–Crippen MR) is 100 cm³/mol. The Morgan fingerprint density at radius 2 is 1.93 bits per heavy atom. The number of halogens is 1. The van der Waals surface area contributed by atoms with E-state index >= 15 is 0 Å². The lowest BCUT2D eigenvalue weighted by molar-refractivity contribution is 0.251. The summed E-state index contributed by atoms with van der Waals surface area (Å²) in [5.74, 6) is 1.45. The monoisotopic (exact) mass is 369 g/mol. The van der Waals surface area contributed by atoms with E-state index in [9.17, 15) is 9.18 Å². The summed E-state index contributed by atoms with van der Waals surface area (Å²) in [6.45, 7) is 3.63. The number of ether oxygens (including phenoxy) is 1. The van der Waals surface area contributed by atoms with Crippen LogP contribution in [0.15, 0.2) is 46.9 Å². The average molecular weight is 369 g/mol. The van der Waals surface area contributed by atoms with E-state index in [1.54, 1.807) is 33.1 Å². The molecule has 0 unspecified atom stereocenters. The topological polar surface area (TPSA) is 76.4 Å². The molecule has 0 aliphatic carbocycles. The van der Waals surface area contributed by atoms with Crippen molar-refractivity contribution in [3.63, 3.8) is 0 Å². The van der Waals surface area contributed by atoms with E-state index in [-0.39, 0.29) is 12.4 Å². The minimum atomic E-state index is -0.452. The van der Waals surface area contributed by atoms with Gasteiger partial charge in [0.2, 0.25) is 5.89 Å². The number of oxazole rings is 1. The molecule has 0 bridgehead atoms. The summed E-state index contributed by atoms with van der Waals surface area (Å²) in [5, 5.41) is 5.28. The van der Waals surface area contributed by atoms with Crippen molar-refractivity contribution >= 4 is 11.7 Å². The number of anilines is 1. The molecule has 0 saturated heterocycles.